The molecule has 0 unspecified atom stereocenters. The van der Waals surface area contributed by atoms with Gasteiger partial charge >= 0.3 is 0 Å². The second-order valence-electron chi connectivity index (χ2n) is 10.4. The number of aliphatic imine (C=N–C) groups is 2. The van der Waals surface area contributed by atoms with Crippen LogP contribution in [0.4, 0.5) is 0 Å². The van der Waals surface area contributed by atoms with Gasteiger partial charge in [0.05, 0.1) is 23.6 Å². The third-order valence-electron chi connectivity index (χ3n) is 7.36. The molecule has 4 nitrogen and oxygen atoms in total. The van der Waals surface area contributed by atoms with Gasteiger partial charge in [-0.3, -0.25) is 9.98 Å². The lowest BCUT2D eigenvalue weighted by Crippen LogP contribution is -1.97. The molecule has 0 fully saturated rings. The van der Waals surface area contributed by atoms with Gasteiger partial charge in [-0.25, -0.2) is 9.97 Å². The van der Waals surface area contributed by atoms with Crippen LogP contribution in [0.5, 0.6) is 0 Å². The number of rotatable bonds is 8. The Bertz CT molecular complexity index is 1890. The maximum absolute atomic E-state index is 6.37. The third-order valence-corrected chi connectivity index (χ3v) is 7.53. The van der Waals surface area contributed by atoms with E-state index in [0.29, 0.717) is 6.54 Å². The molecule has 0 bridgehead atoms. The third kappa shape index (κ3) is 10.1. The summed E-state index contributed by atoms with van der Waals surface area (Å²) in [4.78, 5) is 18.4. The minimum atomic E-state index is 0.261. The van der Waals surface area contributed by atoms with Crippen molar-refractivity contribution in [1.29, 1.82) is 0 Å². The van der Waals surface area contributed by atoms with Gasteiger partial charge in [0.2, 0.25) is 5.28 Å². The Labute approximate surface area is 297 Å². The summed E-state index contributed by atoms with van der Waals surface area (Å²) >= 11 is 6.37. The standard InChI is InChI=1S/C34H25ClN4.C6H10.2C2H4/c1-36-32(25-12-6-3-7-13-25)29(22-37-21-23-10-4-2-5-11-23)24-16-18-26(19-17-24)33-31-28-15-9-8-14-27(28)20-30(31)38-34(35)39-33;1-3-5-6-4-2;2*1-2/h2-19,22H,1,20-21H2;3-6H,1-2H3;2*1-2H2/b32-29+,37-22?;5-3-,6-4-;;. The fraction of sp³-hybridized carbons (Fsp3) is 0.0909. The van der Waals surface area contributed by atoms with Crippen molar-refractivity contribution in [2.24, 2.45) is 9.98 Å². The molecule has 1 heterocycles. The van der Waals surface area contributed by atoms with Gasteiger partial charge in [-0.1, -0.05) is 133 Å². The van der Waals surface area contributed by atoms with Crippen molar-refractivity contribution in [2.45, 2.75) is 26.8 Å². The summed E-state index contributed by atoms with van der Waals surface area (Å²) in [5.74, 6) is 0. The van der Waals surface area contributed by atoms with E-state index in [1.54, 1.807) is 0 Å². The molecule has 1 aliphatic rings. The van der Waals surface area contributed by atoms with E-state index in [1.807, 2.05) is 92.9 Å². The van der Waals surface area contributed by atoms with Gasteiger partial charge in [0, 0.05) is 34.9 Å². The molecule has 0 radical (unpaired) electrons. The largest absolute Gasteiger partial charge is 0.288 e. The number of hydrogen-bond donors (Lipinski definition) is 0. The lowest BCUT2D eigenvalue weighted by Gasteiger charge is -2.12. The van der Waals surface area contributed by atoms with Crippen molar-refractivity contribution < 1.29 is 0 Å². The molecule has 0 saturated carbocycles. The first-order chi connectivity index (χ1) is 24.1. The van der Waals surface area contributed by atoms with Crippen molar-refractivity contribution in [3.8, 4) is 22.4 Å². The van der Waals surface area contributed by atoms with Gasteiger partial charge in [-0.15, -0.1) is 26.3 Å². The SMILES string of the molecule is C/C=C\C=C/C.C=C.C=C.C=N/C(=C(\C=NCc1ccccc1)c1ccc(-c2nc(Cl)nc3c2-c2ccccc2C3)cc1)c1ccccc1. The highest BCUT2D eigenvalue weighted by Crippen LogP contribution is 2.42. The first-order valence-corrected chi connectivity index (χ1v) is 16.3. The highest BCUT2D eigenvalue weighted by molar-refractivity contribution is 6.28. The highest BCUT2D eigenvalue weighted by Gasteiger charge is 2.25. The van der Waals surface area contributed by atoms with Gasteiger partial charge in [0.25, 0.3) is 0 Å². The highest BCUT2D eigenvalue weighted by atomic mass is 35.5. The van der Waals surface area contributed by atoms with Crippen LogP contribution in [-0.2, 0) is 13.0 Å². The maximum Gasteiger partial charge on any atom is 0.223 e. The zero-order valence-electron chi connectivity index (χ0n) is 28.4. The van der Waals surface area contributed by atoms with E-state index in [-0.39, 0.29) is 5.28 Å². The monoisotopic (exact) mass is 662 g/mol. The fourth-order valence-corrected chi connectivity index (χ4v) is 5.44. The topological polar surface area (TPSA) is 50.5 Å². The number of benzene rings is 4. The zero-order valence-corrected chi connectivity index (χ0v) is 29.2. The lowest BCUT2D eigenvalue weighted by molar-refractivity contribution is 1.07. The van der Waals surface area contributed by atoms with Crippen LogP contribution in [0.15, 0.2) is 170 Å². The molecule has 0 atom stereocenters. The molecule has 1 aromatic heterocycles. The number of fused-ring (bicyclic) bond motifs is 3. The predicted octanol–water partition coefficient (Wildman–Crippen LogP) is 12.0. The van der Waals surface area contributed by atoms with Crippen LogP contribution in [0.3, 0.4) is 0 Å². The van der Waals surface area contributed by atoms with Crippen molar-refractivity contribution in [3.63, 3.8) is 0 Å². The summed E-state index contributed by atoms with van der Waals surface area (Å²) in [6, 6.07) is 36.9. The fourth-order valence-electron chi connectivity index (χ4n) is 5.25. The molecule has 5 aromatic rings. The van der Waals surface area contributed by atoms with Gasteiger partial charge in [0.15, 0.2) is 0 Å². The maximum atomic E-state index is 6.37. The van der Waals surface area contributed by atoms with E-state index in [4.69, 9.17) is 16.6 Å². The summed E-state index contributed by atoms with van der Waals surface area (Å²) in [5, 5.41) is 0.261. The van der Waals surface area contributed by atoms with Crippen molar-refractivity contribution in [3.05, 3.63) is 193 Å². The molecule has 0 N–H and O–H groups in total. The summed E-state index contributed by atoms with van der Waals surface area (Å²) in [7, 11) is 0. The van der Waals surface area contributed by atoms with Crippen LogP contribution in [0.2, 0.25) is 5.28 Å². The second kappa shape index (κ2) is 20.5. The van der Waals surface area contributed by atoms with Gasteiger partial charge in [0.1, 0.15) is 0 Å². The minimum absolute atomic E-state index is 0.261. The first-order valence-electron chi connectivity index (χ1n) is 15.9. The van der Waals surface area contributed by atoms with Crippen LogP contribution >= 0.6 is 11.6 Å². The summed E-state index contributed by atoms with van der Waals surface area (Å²) < 4.78 is 0. The summed E-state index contributed by atoms with van der Waals surface area (Å²) in [5.41, 5.74) is 11.0. The molecule has 4 aromatic carbocycles. The summed E-state index contributed by atoms with van der Waals surface area (Å²) in [6.07, 6.45) is 10.7. The smallest absolute Gasteiger partial charge is 0.223 e. The van der Waals surface area contributed by atoms with Gasteiger partial charge < -0.3 is 0 Å². The predicted molar refractivity (Wildman–Crippen MR) is 214 cm³/mol. The molecule has 49 heavy (non-hydrogen) atoms. The Balaban J connectivity index is 0.000000581. The Hall–Kier alpha value is -5.71. The Morgan fingerprint density at radius 2 is 1.33 bits per heavy atom. The Kier molecular flexibility index (Phi) is 15.8. The molecule has 0 aliphatic heterocycles. The first kappa shape index (κ1) is 37.7. The number of allylic oxidation sites excluding steroid dienone is 5. The Morgan fingerprint density at radius 1 is 0.735 bits per heavy atom. The average molecular weight is 663 g/mol. The van der Waals surface area contributed by atoms with E-state index in [0.717, 1.165) is 56.9 Å². The number of nitrogens with zero attached hydrogens (tertiary/aromatic N) is 4. The van der Waals surface area contributed by atoms with E-state index >= 15 is 0 Å². The lowest BCUT2D eigenvalue weighted by atomic mass is 9.96. The number of aromatic nitrogens is 2. The molecular formula is C44H43ClN4. The van der Waals surface area contributed by atoms with Gasteiger partial charge in [-0.05, 0) is 54.4 Å². The molecule has 0 saturated heterocycles. The van der Waals surface area contributed by atoms with Crippen LogP contribution in [0.25, 0.3) is 33.7 Å². The van der Waals surface area contributed by atoms with E-state index in [1.165, 1.54) is 11.1 Å². The normalized spacial score (nSPS) is 11.7. The van der Waals surface area contributed by atoms with Crippen LogP contribution in [0.1, 0.15) is 41.8 Å². The van der Waals surface area contributed by atoms with Crippen molar-refractivity contribution in [2.75, 3.05) is 0 Å². The Morgan fingerprint density at radius 3 is 1.94 bits per heavy atom. The number of halogens is 1. The molecule has 0 spiro atoms. The zero-order chi connectivity index (χ0) is 35.4. The van der Waals surface area contributed by atoms with Crippen LogP contribution < -0.4 is 0 Å². The quantitative estimate of drug-likeness (QED) is 0.0535. The molecule has 5 heteroatoms. The molecule has 6 rings (SSSR count). The minimum Gasteiger partial charge on any atom is -0.288 e. The van der Waals surface area contributed by atoms with Crippen LogP contribution in [-0.4, -0.2) is 22.9 Å². The van der Waals surface area contributed by atoms with Crippen molar-refractivity contribution in [1.82, 2.24) is 9.97 Å². The summed E-state index contributed by atoms with van der Waals surface area (Å²) in [6.45, 7) is 20.5. The van der Waals surface area contributed by atoms with E-state index in [2.05, 4.69) is 109 Å². The van der Waals surface area contributed by atoms with Gasteiger partial charge in [-0.2, -0.15) is 0 Å². The second-order valence-corrected chi connectivity index (χ2v) is 10.7. The van der Waals surface area contributed by atoms with Crippen molar-refractivity contribution >= 4 is 35.8 Å². The molecular weight excluding hydrogens is 620 g/mol. The van der Waals surface area contributed by atoms with E-state index < -0.39 is 0 Å². The van der Waals surface area contributed by atoms with Crippen LogP contribution in [0, 0.1) is 0 Å². The van der Waals surface area contributed by atoms with E-state index in [9.17, 15) is 0 Å². The number of hydrogen-bond acceptors (Lipinski definition) is 4. The molecule has 246 valence electrons. The molecule has 0 amide bonds. The average Bonchev–Trinajstić information content (AvgIpc) is 3.54. The molecule has 1 aliphatic carbocycles.